The second-order valence-electron chi connectivity index (χ2n) is 5.79. The standard InChI is InChI=1S/C18H22N2O3S/c1-12(18(22)23)17(14-7-4-3-5-8-14)20-16(21)10-6-9-15-11-24-13(2)19-15/h3-5,7-8,11-12,17H,6,9-10H2,1-2H3,(H,20,21)(H,22,23). The molecule has 24 heavy (non-hydrogen) atoms. The van der Waals surface area contributed by atoms with Crippen molar-refractivity contribution in [2.75, 3.05) is 0 Å². The van der Waals surface area contributed by atoms with Gasteiger partial charge in [-0.3, -0.25) is 9.59 Å². The van der Waals surface area contributed by atoms with E-state index in [0.29, 0.717) is 12.8 Å². The molecule has 0 radical (unpaired) electrons. The molecule has 0 bridgehead atoms. The van der Waals surface area contributed by atoms with E-state index in [0.717, 1.165) is 22.7 Å². The number of thiazole rings is 1. The van der Waals surface area contributed by atoms with Gasteiger partial charge in [0.1, 0.15) is 0 Å². The Morgan fingerprint density at radius 2 is 2.00 bits per heavy atom. The molecule has 2 aromatic rings. The Morgan fingerprint density at radius 1 is 1.29 bits per heavy atom. The van der Waals surface area contributed by atoms with Crippen LogP contribution in [0.4, 0.5) is 0 Å². The largest absolute Gasteiger partial charge is 0.481 e. The summed E-state index contributed by atoms with van der Waals surface area (Å²) in [5, 5.41) is 15.2. The summed E-state index contributed by atoms with van der Waals surface area (Å²) in [7, 11) is 0. The van der Waals surface area contributed by atoms with E-state index < -0.39 is 17.9 Å². The summed E-state index contributed by atoms with van der Waals surface area (Å²) in [6.45, 7) is 3.57. The van der Waals surface area contributed by atoms with Gasteiger partial charge < -0.3 is 10.4 Å². The summed E-state index contributed by atoms with van der Waals surface area (Å²) in [4.78, 5) is 27.9. The highest BCUT2D eigenvalue weighted by Crippen LogP contribution is 2.22. The summed E-state index contributed by atoms with van der Waals surface area (Å²) in [5.41, 5.74) is 1.81. The van der Waals surface area contributed by atoms with Gasteiger partial charge in [-0.05, 0) is 32.3 Å². The zero-order valence-corrected chi connectivity index (χ0v) is 14.7. The van der Waals surface area contributed by atoms with Gasteiger partial charge in [-0.1, -0.05) is 30.3 Å². The zero-order chi connectivity index (χ0) is 17.5. The van der Waals surface area contributed by atoms with Crippen LogP contribution in [-0.4, -0.2) is 22.0 Å². The molecule has 0 fully saturated rings. The number of carbonyl (C=O) groups is 2. The second-order valence-corrected chi connectivity index (χ2v) is 6.86. The van der Waals surface area contributed by atoms with Crippen molar-refractivity contribution < 1.29 is 14.7 Å². The predicted molar refractivity (Wildman–Crippen MR) is 93.9 cm³/mol. The van der Waals surface area contributed by atoms with Crippen LogP contribution in [0, 0.1) is 12.8 Å². The van der Waals surface area contributed by atoms with Crippen LogP contribution in [0.1, 0.15) is 42.1 Å². The average molecular weight is 346 g/mol. The minimum absolute atomic E-state index is 0.135. The Bertz CT molecular complexity index is 685. The monoisotopic (exact) mass is 346 g/mol. The van der Waals surface area contributed by atoms with Crippen LogP contribution in [-0.2, 0) is 16.0 Å². The maximum atomic E-state index is 12.2. The summed E-state index contributed by atoms with van der Waals surface area (Å²) in [6, 6.07) is 8.69. The van der Waals surface area contributed by atoms with Gasteiger partial charge in [0, 0.05) is 11.8 Å². The van der Waals surface area contributed by atoms with Crippen LogP contribution in [0.5, 0.6) is 0 Å². The predicted octanol–water partition coefficient (Wildman–Crippen LogP) is 3.35. The van der Waals surface area contributed by atoms with Crippen molar-refractivity contribution in [2.24, 2.45) is 5.92 Å². The third-order valence-corrected chi connectivity index (χ3v) is 4.69. The lowest BCUT2D eigenvalue weighted by molar-refractivity contribution is -0.142. The van der Waals surface area contributed by atoms with Gasteiger partial charge in [0.05, 0.1) is 22.7 Å². The zero-order valence-electron chi connectivity index (χ0n) is 13.9. The molecule has 0 spiro atoms. The molecule has 0 aliphatic rings. The lowest BCUT2D eigenvalue weighted by Crippen LogP contribution is -2.35. The summed E-state index contributed by atoms with van der Waals surface area (Å²) >= 11 is 1.60. The molecule has 1 amide bonds. The lowest BCUT2D eigenvalue weighted by atomic mass is 9.94. The van der Waals surface area contributed by atoms with Gasteiger partial charge >= 0.3 is 5.97 Å². The van der Waals surface area contributed by atoms with Crippen molar-refractivity contribution in [2.45, 2.75) is 39.2 Å². The van der Waals surface area contributed by atoms with Crippen molar-refractivity contribution in [1.29, 1.82) is 0 Å². The molecule has 2 atom stereocenters. The van der Waals surface area contributed by atoms with Crippen molar-refractivity contribution in [3.8, 4) is 0 Å². The molecular formula is C18H22N2O3S. The third-order valence-electron chi connectivity index (χ3n) is 3.87. The van der Waals surface area contributed by atoms with Gasteiger partial charge in [-0.25, -0.2) is 4.98 Å². The molecule has 1 heterocycles. The van der Waals surface area contributed by atoms with E-state index >= 15 is 0 Å². The number of amides is 1. The summed E-state index contributed by atoms with van der Waals surface area (Å²) in [5.74, 6) is -1.76. The maximum absolute atomic E-state index is 12.2. The minimum Gasteiger partial charge on any atom is -0.481 e. The summed E-state index contributed by atoms with van der Waals surface area (Å²) in [6.07, 6.45) is 1.80. The molecular weight excluding hydrogens is 324 g/mol. The molecule has 1 aromatic heterocycles. The van der Waals surface area contributed by atoms with Crippen molar-refractivity contribution in [1.82, 2.24) is 10.3 Å². The van der Waals surface area contributed by atoms with Gasteiger partial charge in [0.25, 0.3) is 0 Å². The van der Waals surface area contributed by atoms with Gasteiger partial charge in [-0.2, -0.15) is 0 Å². The molecule has 1 aromatic carbocycles. The third kappa shape index (κ3) is 5.16. The molecule has 5 nitrogen and oxygen atoms in total. The first-order chi connectivity index (χ1) is 11.5. The number of rotatable bonds is 8. The fourth-order valence-corrected chi connectivity index (χ4v) is 3.15. The van der Waals surface area contributed by atoms with Crippen LogP contribution in [0.2, 0.25) is 0 Å². The van der Waals surface area contributed by atoms with E-state index in [9.17, 15) is 14.7 Å². The van der Waals surface area contributed by atoms with Crippen LogP contribution in [0.3, 0.4) is 0 Å². The van der Waals surface area contributed by atoms with Crippen LogP contribution >= 0.6 is 11.3 Å². The quantitative estimate of drug-likeness (QED) is 0.768. The Kier molecular flexibility index (Phi) is 6.49. The SMILES string of the molecule is Cc1nc(CCCC(=O)NC(c2ccccc2)C(C)C(=O)O)cs1. The highest BCUT2D eigenvalue weighted by Gasteiger charge is 2.26. The highest BCUT2D eigenvalue weighted by atomic mass is 32.1. The molecule has 128 valence electrons. The summed E-state index contributed by atoms with van der Waals surface area (Å²) < 4.78 is 0. The maximum Gasteiger partial charge on any atom is 0.308 e. The molecule has 2 unspecified atom stereocenters. The lowest BCUT2D eigenvalue weighted by Gasteiger charge is -2.23. The van der Waals surface area contributed by atoms with E-state index in [2.05, 4.69) is 10.3 Å². The normalized spacial score (nSPS) is 13.2. The number of carboxylic acid groups (broad SMARTS) is 1. The number of aliphatic carboxylic acids is 1. The van der Waals surface area contributed by atoms with E-state index in [1.54, 1.807) is 18.3 Å². The number of hydrogen-bond acceptors (Lipinski definition) is 4. The molecule has 0 saturated heterocycles. The van der Waals surface area contributed by atoms with Crippen LogP contribution in [0.25, 0.3) is 0 Å². The average Bonchev–Trinajstić information content (AvgIpc) is 2.98. The van der Waals surface area contributed by atoms with E-state index in [1.807, 2.05) is 42.6 Å². The number of aromatic nitrogens is 1. The Hall–Kier alpha value is -2.21. The number of benzene rings is 1. The molecule has 2 N–H and O–H groups in total. The smallest absolute Gasteiger partial charge is 0.308 e. The first kappa shape index (κ1) is 18.1. The second kappa shape index (κ2) is 8.59. The van der Waals surface area contributed by atoms with Crippen molar-refractivity contribution >= 4 is 23.2 Å². The van der Waals surface area contributed by atoms with Gasteiger partial charge in [0.2, 0.25) is 5.91 Å². The van der Waals surface area contributed by atoms with Crippen LogP contribution < -0.4 is 5.32 Å². The molecule has 0 aliphatic heterocycles. The van der Waals surface area contributed by atoms with Crippen LogP contribution in [0.15, 0.2) is 35.7 Å². The Morgan fingerprint density at radius 3 is 2.58 bits per heavy atom. The van der Waals surface area contributed by atoms with E-state index in [-0.39, 0.29) is 5.91 Å². The Balaban J connectivity index is 1.93. The Labute approximate surface area is 145 Å². The fourth-order valence-electron chi connectivity index (χ4n) is 2.50. The van der Waals surface area contributed by atoms with Crippen molar-refractivity contribution in [3.05, 3.63) is 52.0 Å². The number of aryl methyl sites for hydroxylation is 2. The molecule has 6 heteroatoms. The number of hydrogen-bond donors (Lipinski definition) is 2. The molecule has 0 aliphatic carbocycles. The van der Waals surface area contributed by atoms with Gasteiger partial charge in [-0.15, -0.1) is 11.3 Å². The topological polar surface area (TPSA) is 79.3 Å². The van der Waals surface area contributed by atoms with Gasteiger partial charge in [0.15, 0.2) is 0 Å². The minimum atomic E-state index is -0.929. The highest BCUT2D eigenvalue weighted by molar-refractivity contribution is 7.09. The first-order valence-electron chi connectivity index (χ1n) is 7.95. The fraction of sp³-hybridized carbons (Fsp3) is 0.389. The van der Waals surface area contributed by atoms with E-state index in [4.69, 9.17) is 0 Å². The number of nitrogens with one attached hydrogen (secondary N) is 1. The van der Waals surface area contributed by atoms with E-state index in [1.165, 1.54) is 0 Å². The molecule has 2 rings (SSSR count). The molecule has 0 saturated carbocycles. The first-order valence-corrected chi connectivity index (χ1v) is 8.83. The number of nitrogens with zero attached hydrogens (tertiary/aromatic N) is 1. The number of carboxylic acids is 1. The van der Waals surface area contributed by atoms with Crippen molar-refractivity contribution in [3.63, 3.8) is 0 Å². The number of carbonyl (C=O) groups excluding carboxylic acids is 1.